The average Bonchev–Trinajstić information content (AvgIpc) is 2.40. The van der Waals surface area contributed by atoms with Gasteiger partial charge in [-0.1, -0.05) is 18.2 Å². The fourth-order valence-electron chi connectivity index (χ4n) is 1.66. The Balaban J connectivity index is 2.06. The van der Waals surface area contributed by atoms with Gasteiger partial charge in [0.05, 0.1) is 7.11 Å². The first-order valence-electron chi connectivity index (χ1n) is 5.74. The molecule has 0 heterocycles. The van der Waals surface area contributed by atoms with Gasteiger partial charge in [-0.15, -0.1) is 0 Å². The molecule has 0 unspecified atom stereocenters. The fourth-order valence-corrected chi connectivity index (χ4v) is 1.66. The highest BCUT2D eigenvalue weighted by Crippen LogP contribution is 2.11. The molecule has 0 bridgehead atoms. The number of benzene rings is 2. The summed E-state index contributed by atoms with van der Waals surface area (Å²) in [4.78, 5) is 0. The number of hydroxylamine groups is 1. The Labute approximate surface area is 107 Å². The molecule has 3 nitrogen and oxygen atoms in total. The third-order valence-corrected chi connectivity index (χ3v) is 2.59. The molecule has 0 radical (unpaired) electrons. The Morgan fingerprint density at radius 3 is 2.33 bits per heavy atom. The molecule has 2 rings (SSSR count). The Bertz CT molecular complexity index is 518. The molecule has 0 N–H and O–H groups in total. The number of rotatable bonds is 4. The molecule has 0 fully saturated rings. The number of methoxy groups -OCH3 is 1. The minimum Gasteiger partial charge on any atom is -0.624 e. The summed E-state index contributed by atoms with van der Waals surface area (Å²) in [5.41, 5.74) is 1.86. The Hall–Kier alpha value is -2.29. The monoisotopic (exact) mass is 241 g/mol. The molecule has 0 amide bonds. The molecule has 3 heteroatoms. The molecule has 2 aromatic carbocycles. The quantitative estimate of drug-likeness (QED) is 0.357. The van der Waals surface area contributed by atoms with Crippen molar-refractivity contribution < 1.29 is 9.48 Å². The molecular formula is C15H15NO2. The maximum absolute atomic E-state index is 11.8. The Morgan fingerprint density at radius 2 is 1.72 bits per heavy atom. The van der Waals surface area contributed by atoms with Crippen LogP contribution < -0.4 is 4.74 Å². The van der Waals surface area contributed by atoms with Crippen molar-refractivity contribution in [1.82, 2.24) is 0 Å². The predicted molar refractivity (Wildman–Crippen MR) is 71.9 cm³/mol. The van der Waals surface area contributed by atoms with Gasteiger partial charge in [0.2, 0.25) is 0 Å². The van der Waals surface area contributed by atoms with Crippen molar-refractivity contribution in [2.45, 2.75) is 6.54 Å². The molecular weight excluding hydrogens is 226 g/mol. The van der Waals surface area contributed by atoms with Gasteiger partial charge in [0.15, 0.2) is 12.8 Å². The van der Waals surface area contributed by atoms with Crippen molar-refractivity contribution in [2.75, 3.05) is 7.11 Å². The first-order chi connectivity index (χ1) is 8.78. The fraction of sp³-hybridized carbons (Fsp3) is 0.133. The lowest BCUT2D eigenvalue weighted by atomic mass is 10.2. The summed E-state index contributed by atoms with van der Waals surface area (Å²) in [5.74, 6) is 0.795. The lowest BCUT2D eigenvalue weighted by Gasteiger charge is -2.05. The van der Waals surface area contributed by atoms with E-state index < -0.39 is 0 Å². The molecule has 0 saturated carbocycles. The van der Waals surface area contributed by atoms with E-state index in [1.807, 2.05) is 54.6 Å². The van der Waals surface area contributed by atoms with E-state index in [0.29, 0.717) is 6.54 Å². The highest BCUT2D eigenvalue weighted by atomic mass is 16.5. The van der Waals surface area contributed by atoms with Crippen LogP contribution in [-0.2, 0) is 6.54 Å². The van der Waals surface area contributed by atoms with Crippen molar-refractivity contribution in [3.8, 4) is 5.75 Å². The van der Waals surface area contributed by atoms with Crippen LogP contribution in [-0.4, -0.2) is 18.1 Å². The van der Waals surface area contributed by atoms with Gasteiger partial charge in [0.25, 0.3) is 0 Å². The van der Waals surface area contributed by atoms with Gasteiger partial charge in [-0.05, 0) is 36.4 Å². The van der Waals surface area contributed by atoms with Crippen molar-refractivity contribution in [2.24, 2.45) is 0 Å². The molecule has 0 aliphatic carbocycles. The third-order valence-electron chi connectivity index (χ3n) is 2.59. The average molecular weight is 241 g/mol. The maximum Gasteiger partial charge on any atom is 0.182 e. The molecule has 0 spiro atoms. The Morgan fingerprint density at radius 1 is 1.06 bits per heavy atom. The predicted octanol–water partition coefficient (Wildman–Crippen LogP) is 2.82. The van der Waals surface area contributed by atoms with Crippen molar-refractivity contribution in [1.29, 1.82) is 0 Å². The third kappa shape index (κ3) is 3.35. The van der Waals surface area contributed by atoms with E-state index in [-0.39, 0.29) is 0 Å². The molecule has 2 aromatic rings. The van der Waals surface area contributed by atoms with Crippen molar-refractivity contribution in [3.63, 3.8) is 0 Å². The van der Waals surface area contributed by atoms with E-state index in [0.717, 1.165) is 21.6 Å². The lowest BCUT2D eigenvalue weighted by molar-refractivity contribution is -0.469. The minimum atomic E-state index is 0.332. The minimum absolute atomic E-state index is 0.332. The molecule has 0 aliphatic heterocycles. The zero-order valence-corrected chi connectivity index (χ0v) is 10.2. The van der Waals surface area contributed by atoms with Gasteiger partial charge < -0.3 is 9.94 Å². The van der Waals surface area contributed by atoms with Crippen LogP contribution in [0.25, 0.3) is 0 Å². The highest BCUT2D eigenvalue weighted by Gasteiger charge is 1.99. The van der Waals surface area contributed by atoms with E-state index in [1.54, 1.807) is 13.3 Å². The smallest absolute Gasteiger partial charge is 0.182 e. The summed E-state index contributed by atoms with van der Waals surface area (Å²) in [6.07, 6.45) is 1.59. The van der Waals surface area contributed by atoms with Gasteiger partial charge in [-0.3, -0.25) is 0 Å². The van der Waals surface area contributed by atoms with Crippen molar-refractivity contribution in [3.05, 3.63) is 70.9 Å². The molecule has 0 aliphatic rings. The second-order valence-corrected chi connectivity index (χ2v) is 3.96. The van der Waals surface area contributed by atoms with E-state index >= 15 is 0 Å². The van der Waals surface area contributed by atoms with Crippen molar-refractivity contribution >= 4 is 6.21 Å². The molecule has 0 aromatic heterocycles. The van der Waals surface area contributed by atoms with Gasteiger partial charge in [0.1, 0.15) is 5.75 Å². The molecule has 0 atom stereocenters. The normalized spacial score (nSPS) is 11.3. The largest absolute Gasteiger partial charge is 0.624 e. The summed E-state index contributed by atoms with van der Waals surface area (Å²) in [6, 6.07) is 17.0. The van der Waals surface area contributed by atoms with Crippen LogP contribution in [0.1, 0.15) is 11.1 Å². The van der Waals surface area contributed by atoms with Gasteiger partial charge >= 0.3 is 0 Å². The van der Waals surface area contributed by atoms with E-state index in [1.165, 1.54) is 0 Å². The first-order valence-corrected chi connectivity index (χ1v) is 5.74. The van der Waals surface area contributed by atoms with E-state index in [4.69, 9.17) is 4.74 Å². The van der Waals surface area contributed by atoms with Crippen LogP contribution in [0.5, 0.6) is 5.75 Å². The number of nitrogens with zero attached hydrogens (tertiary/aromatic N) is 1. The Kier molecular flexibility index (Phi) is 3.97. The zero-order valence-electron chi connectivity index (χ0n) is 10.2. The summed E-state index contributed by atoms with van der Waals surface area (Å²) in [6.45, 7) is 0.332. The maximum atomic E-state index is 11.8. The van der Waals surface area contributed by atoms with Crippen LogP contribution in [0.2, 0.25) is 0 Å². The highest BCUT2D eigenvalue weighted by molar-refractivity contribution is 5.75. The van der Waals surface area contributed by atoms with Crippen LogP contribution in [0, 0.1) is 5.21 Å². The van der Waals surface area contributed by atoms with E-state index in [9.17, 15) is 5.21 Å². The second kappa shape index (κ2) is 5.87. The first kappa shape index (κ1) is 12.2. The summed E-state index contributed by atoms with van der Waals surface area (Å²) in [7, 11) is 1.62. The van der Waals surface area contributed by atoms with Crippen LogP contribution in [0.3, 0.4) is 0 Å². The van der Waals surface area contributed by atoms with Crippen LogP contribution >= 0.6 is 0 Å². The van der Waals surface area contributed by atoms with Gasteiger partial charge in [-0.25, -0.2) is 4.74 Å². The number of ether oxygens (including phenoxy) is 1. The standard InChI is InChI=1S/C15H15NO2/c1-18-15-9-7-14(8-10-15)12-16(17)11-13-5-3-2-4-6-13/h2-11H,12H2,1H3/b16-11-. The second-order valence-electron chi connectivity index (χ2n) is 3.96. The van der Waals surface area contributed by atoms with E-state index in [2.05, 4.69) is 0 Å². The number of hydrogen-bond acceptors (Lipinski definition) is 2. The van der Waals surface area contributed by atoms with Crippen LogP contribution in [0.4, 0.5) is 0 Å². The zero-order chi connectivity index (χ0) is 12.8. The topological polar surface area (TPSA) is 35.3 Å². The van der Waals surface area contributed by atoms with Gasteiger partial charge in [-0.2, -0.15) is 0 Å². The summed E-state index contributed by atoms with van der Waals surface area (Å²) >= 11 is 0. The summed E-state index contributed by atoms with van der Waals surface area (Å²) in [5, 5.41) is 11.8. The molecule has 92 valence electrons. The van der Waals surface area contributed by atoms with Gasteiger partial charge in [0, 0.05) is 11.1 Å². The van der Waals surface area contributed by atoms with Crippen LogP contribution in [0.15, 0.2) is 54.6 Å². The molecule has 18 heavy (non-hydrogen) atoms. The SMILES string of the molecule is COc1ccc(C/[N+]([O-])=C/c2ccccc2)cc1. The number of hydrogen-bond donors (Lipinski definition) is 0. The summed E-state index contributed by atoms with van der Waals surface area (Å²) < 4.78 is 6.00. The molecule has 0 saturated heterocycles. The lowest BCUT2D eigenvalue weighted by Crippen LogP contribution is -2.05.